The van der Waals surface area contributed by atoms with Crippen molar-refractivity contribution in [2.45, 2.75) is 31.5 Å². The highest BCUT2D eigenvalue weighted by atomic mass is 19.4. The molecular formula is C12H16F3N3. The average Bonchev–Trinajstić information content (AvgIpc) is 2.57. The van der Waals surface area contributed by atoms with Crippen molar-refractivity contribution < 1.29 is 13.2 Å². The second-order valence-corrected chi connectivity index (χ2v) is 4.45. The maximum atomic E-state index is 12.5. The van der Waals surface area contributed by atoms with Crippen LogP contribution in [0.5, 0.6) is 0 Å². The average molecular weight is 259 g/mol. The Bertz CT molecular complexity index is 384. The normalized spacial score (nSPS) is 21.4. The highest BCUT2D eigenvalue weighted by molar-refractivity contribution is 5.37. The Hall–Kier alpha value is -1.30. The Labute approximate surface area is 104 Å². The molecule has 1 fully saturated rings. The van der Waals surface area contributed by atoms with Gasteiger partial charge in [-0.15, -0.1) is 0 Å². The van der Waals surface area contributed by atoms with Gasteiger partial charge in [0.2, 0.25) is 0 Å². The lowest BCUT2D eigenvalue weighted by molar-refractivity contribution is -0.141. The van der Waals surface area contributed by atoms with Gasteiger partial charge in [-0.1, -0.05) is 12.5 Å². The third kappa shape index (κ3) is 3.60. The summed E-state index contributed by atoms with van der Waals surface area (Å²) >= 11 is 0. The van der Waals surface area contributed by atoms with Crippen molar-refractivity contribution in [2.75, 3.05) is 18.4 Å². The Morgan fingerprint density at radius 1 is 1.28 bits per heavy atom. The first-order valence-electron chi connectivity index (χ1n) is 6.07. The molecule has 1 unspecified atom stereocenters. The van der Waals surface area contributed by atoms with Gasteiger partial charge in [0.15, 0.2) is 0 Å². The second-order valence-electron chi connectivity index (χ2n) is 4.45. The van der Waals surface area contributed by atoms with E-state index in [1.165, 1.54) is 6.07 Å². The van der Waals surface area contributed by atoms with Crippen LogP contribution in [0.3, 0.4) is 0 Å². The van der Waals surface area contributed by atoms with Crippen LogP contribution in [0.2, 0.25) is 0 Å². The van der Waals surface area contributed by atoms with Crippen molar-refractivity contribution in [3.8, 4) is 0 Å². The fraction of sp³-hybridized carbons (Fsp3) is 0.583. The van der Waals surface area contributed by atoms with Gasteiger partial charge < -0.3 is 10.6 Å². The summed E-state index contributed by atoms with van der Waals surface area (Å²) in [6, 6.07) is 4.07. The van der Waals surface area contributed by atoms with Gasteiger partial charge in [0.1, 0.15) is 11.5 Å². The maximum Gasteiger partial charge on any atom is 0.433 e. The van der Waals surface area contributed by atoms with Crippen molar-refractivity contribution in [1.82, 2.24) is 10.3 Å². The summed E-state index contributed by atoms with van der Waals surface area (Å²) in [5.41, 5.74) is -0.853. The minimum atomic E-state index is -4.39. The molecule has 0 saturated carbocycles. The van der Waals surface area contributed by atoms with Crippen molar-refractivity contribution in [3.63, 3.8) is 0 Å². The van der Waals surface area contributed by atoms with Gasteiger partial charge in [-0.25, -0.2) is 4.98 Å². The zero-order valence-electron chi connectivity index (χ0n) is 9.93. The summed E-state index contributed by atoms with van der Waals surface area (Å²) in [5, 5.41) is 6.31. The third-order valence-corrected chi connectivity index (χ3v) is 2.94. The van der Waals surface area contributed by atoms with Crippen LogP contribution in [0.25, 0.3) is 0 Å². The van der Waals surface area contributed by atoms with Gasteiger partial charge in [0.05, 0.1) is 0 Å². The minimum Gasteiger partial charge on any atom is -0.366 e. The number of rotatable bonds is 2. The molecule has 1 aliphatic rings. The van der Waals surface area contributed by atoms with Gasteiger partial charge in [-0.05, 0) is 31.5 Å². The Morgan fingerprint density at radius 2 is 2.11 bits per heavy atom. The van der Waals surface area contributed by atoms with Crippen molar-refractivity contribution in [2.24, 2.45) is 0 Å². The predicted molar refractivity (Wildman–Crippen MR) is 63.4 cm³/mol. The van der Waals surface area contributed by atoms with Crippen LogP contribution >= 0.6 is 0 Å². The molecule has 6 heteroatoms. The van der Waals surface area contributed by atoms with E-state index in [2.05, 4.69) is 15.6 Å². The van der Waals surface area contributed by atoms with E-state index in [9.17, 15) is 13.2 Å². The van der Waals surface area contributed by atoms with Gasteiger partial charge in [0, 0.05) is 12.6 Å². The van der Waals surface area contributed by atoms with Crippen LogP contribution in [0.4, 0.5) is 19.0 Å². The number of nitrogens with zero attached hydrogens (tertiary/aromatic N) is 1. The van der Waals surface area contributed by atoms with Crippen LogP contribution in [0.1, 0.15) is 25.0 Å². The summed E-state index contributed by atoms with van der Waals surface area (Å²) in [6.45, 7) is 1.73. The monoisotopic (exact) mass is 259 g/mol. The highest BCUT2D eigenvalue weighted by Crippen LogP contribution is 2.28. The number of hydrogen-bond acceptors (Lipinski definition) is 3. The van der Waals surface area contributed by atoms with E-state index in [1.54, 1.807) is 6.07 Å². The molecule has 1 saturated heterocycles. The van der Waals surface area contributed by atoms with E-state index in [0.29, 0.717) is 5.82 Å². The maximum absolute atomic E-state index is 12.5. The number of nitrogens with one attached hydrogen (secondary N) is 2. The lowest BCUT2D eigenvalue weighted by atomic mass is 10.1. The quantitative estimate of drug-likeness (QED) is 0.857. The number of hydrogen-bond donors (Lipinski definition) is 2. The molecule has 0 amide bonds. The SMILES string of the molecule is FC(F)(F)c1cccc(NC2CCCCNC2)n1. The first-order chi connectivity index (χ1) is 8.55. The molecule has 2 N–H and O–H groups in total. The van der Waals surface area contributed by atoms with E-state index < -0.39 is 11.9 Å². The lowest BCUT2D eigenvalue weighted by Gasteiger charge is -2.17. The van der Waals surface area contributed by atoms with Gasteiger partial charge in [0.25, 0.3) is 0 Å². The molecule has 2 rings (SSSR count). The number of halogens is 3. The molecular weight excluding hydrogens is 243 g/mol. The van der Waals surface area contributed by atoms with E-state index in [1.807, 2.05) is 0 Å². The molecule has 0 aliphatic carbocycles. The fourth-order valence-electron chi connectivity index (χ4n) is 2.02. The third-order valence-electron chi connectivity index (χ3n) is 2.94. The van der Waals surface area contributed by atoms with E-state index in [-0.39, 0.29) is 6.04 Å². The summed E-state index contributed by atoms with van der Waals surface area (Å²) in [6.07, 6.45) is -1.26. The number of anilines is 1. The molecule has 100 valence electrons. The van der Waals surface area contributed by atoms with Crippen LogP contribution < -0.4 is 10.6 Å². The van der Waals surface area contributed by atoms with E-state index in [0.717, 1.165) is 38.4 Å². The summed E-state index contributed by atoms with van der Waals surface area (Å²) in [4.78, 5) is 3.60. The van der Waals surface area contributed by atoms with Crippen molar-refractivity contribution in [1.29, 1.82) is 0 Å². The molecule has 1 aliphatic heterocycles. The van der Waals surface area contributed by atoms with Crippen LogP contribution in [0.15, 0.2) is 18.2 Å². The summed E-state index contributed by atoms with van der Waals surface area (Å²) in [7, 11) is 0. The van der Waals surface area contributed by atoms with Crippen molar-refractivity contribution >= 4 is 5.82 Å². The largest absolute Gasteiger partial charge is 0.433 e. The van der Waals surface area contributed by atoms with Crippen LogP contribution in [-0.4, -0.2) is 24.1 Å². The highest BCUT2D eigenvalue weighted by Gasteiger charge is 2.32. The molecule has 0 aromatic carbocycles. The van der Waals surface area contributed by atoms with Gasteiger partial charge in [-0.2, -0.15) is 13.2 Å². The molecule has 0 bridgehead atoms. The number of pyridine rings is 1. The fourth-order valence-corrected chi connectivity index (χ4v) is 2.02. The smallest absolute Gasteiger partial charge is 0.366 e. The molecule has 2 heterocycles. The van der Waals surface area contributed by atoms with E-state index >= 15 is 0 Å². The number of aromatic nitrogens is 1. The second kappa shape index (κ2) is 5.56. The molecule has 0 radical (unpaired) electrons. The van der Waals surface area contributed by atoms with Gasteiger partial charge in [-0.3, -0.25) is 0 Å². The zero-order valence-corrected chi connectivity index (χ0v) is 9.93. The summed E-state index contributed by atoms with van der Waals surface area (Å²) in [5.74, 6) is 0.290. The van der Waals surface area contributed by atoms with Crippen LogP contribution in [0, 0.1) is 0 Å². The summed E-state index contributed by atoms with van der Waals surface area (Å²) < 4.78 is 37.5. The van der Waals surface area contributed by atoms with Gasteiger partial charge >= 0.3 is 6.18 Å². The molecule has 1 atom stereocenters. The Kier molecular flexibility index (Phi) is 4.06. The Balaban J connectivity index is 2.04. The molecule has 3 nitrogen and oxygen atoms in total. The molecule has 18 heavy (non-hydrogen) atoms. The lowest BCUT2D eigenvalue weighted by Crippen LogP contribution is -2.31. The van der Waals surface area contributed by atoms with E-state index in [4.69, 9.17) is 0 Å². The predicted octanol–water partition coefficient (Wildman–Crippen LogP) is 2.65. The molecule has 1 aromatic heterocycles. The Morgan fingerprint density at radius 3 is 2.89 bits per heavy atom. The first-order valence-corrected chi connectivity index (χ1v) is 6.07. The molecule has 0 spiro atoms. The topological polar surface area (TPSA) is 37.0 Å². The number of alkyl halides is 3. The minimum absolute atomic E-state index is 0.142. The first kappa shape index (κ1) is 13.1. The standard InChI is InChI=1S/C12H16F3N3/c13-12(14,15)10-5-3-6-11(18-10)17-9-4-1-2-7-16-8-9/h3,5-6,9,16H,1-2,4,7-8H2,(H,17,18). The zero-order chi connectivity index (χ0) is 13.0. The van der Waals surface area contributed by atoms with Crippen LogP contribution in [-0.2, 0) is 6.18 Å². The molecule has 1 aromatic rings. The van der Waals surface area contributed by atoms with Crippen molar-refractivity contribution in [3.05, 3.63) is 23.9 Å².